The van der Waals surface area contributed by atoms with E-state index < -0.39 is 11.8 Å². The highest BCUT2D eigenvalue weighted by Gasteiger charge is 2.41. The number of carbonyl (C=O) groups is 2. The lowest BCUT2D eigenvalue weighted by atomic mass is 9.88. The molecule has 132 valence electrons. The number of benzene rings is 2. The SMILES string of the molecule is O=C1NCC(c2ccccc2)C1C(=O)N/N=C1/CCc2cc(F)ccc21. The summed E-state index contributed by atoms with van der Waals surface area (Å²) in [6, 6.07) is 14.1. The molecule has 2 N–H and O–H groups in total. The van der Waals surface area contributed by atoms with Gasteiger partial charge in [0.15, 0.2) is 0 Å². The first-order chi connectivity index (χ1) is 12.6. The Hall–Kier alpha value is -3.02. The van der Waals surface area contributed by atoms with Crippen LogP contribution < -0.4 is 10.7 Å². The maximum absolute atomic E-state index is 13.3. The third-order valence-corrected chi connectivity index (χ3v) is 5.00. The fourth-order valence-electron chi connectivity index (χ4n) is 3.68. The summed E-state index contributed by atoms with van der Waals surface area (Å²) in [5, 5.41) is 6.97. The Morgan fingerprint density at radius 2 is 1.96 bits per heavy atom. The van der Waals surface area contributed by atoms with Gasteiger partial charge in [-0.3, -0.25) is 9.59 Å². The van der Waals surface area contributed by atoms with Crippen molar-refractivity contribution in [3.8, 4) is 0 Å². The first-order valence-corrected chi connectivity index (χ1v) is 8.61. The fraction of sp³-hybridized carbons (Fsp3) is 0.250. The van der Waals surface area contributed by atoms with E-state index in [1.54, 1.807) is 6.07 Å². The molecule has 0 spiro atoms. The van der Waals surface area contributed by atoms with Crippen LogP contribution in [-0.4, -0.2) is 24.1 Å². The highest BCUT2D eigenvalue weighted by atomic mass is 19.1. The van der Waals surface area contributed by atoms with Gasteiger partial charge in [-0.2, -0.15) is 5.10 Å². The van der Waals surface area contributed by atoms with E-state index in [9.17, 15) is 14.0 Å². The molecule has 2 unspecified atom stereocenters. The molecule has 2 aromatic carbocycles. The van der Waals surface area contributed by atoms with Gasteiger partial charge in [0, 0.05) is 18.0 Å². The highest BCUT2D eigenvalue weighted by molar-refractivity contribution is 6.06. The van der Waals surface area contributed by atoms with Crippen molar-refractivity contribution in [1.82, 2.24) is 10.7 Å². The number of nitrogens with one attached hydrogen (secondary N) is 2. The topological polar surface area (TPSA) is 70.6 Å². The number of hydrogen-bond acceptors (Lipinski definition) is 3. The van der Waals surface area contributed by atoms with Crippen LogP contribution in [0.1, 0.15) is 29.0 Å². The predicted molar refractivity (Wildman–Crippen MR) is 95.1 cm³/mol. The van der Waals surface area contributed by atoms with Crippen LogP contribution in [0.4, 0.5) is 4.39 Å². The van der Waals surface area contributed by atoms with E-state index >= 15 is 0 Å². The molecule has 2 atom stereocenters. The molecule has 2 aliphatic rings. The van der Waals surface area contributed by atoms with Gasteiger partial charge in [-0.15, -0.1) is 0 Å². The Labute approximate surface area is 150 Å². The van der Waals surface area contributed by atoms with Crippen molar-refractivity contribution in [2.24, 2.45) is 11.0 Å². The van der Waals surface area contributed by atoms with E-state index in [-0.39, 0.29) is 17.6 Å². The van der Waals surface area contributed by atoms with E-state index in [0.29, 0.717) is 25.1 Å². The average Bonchev–Trinajstić information content (AvgIpc) is 3.23. The predicted octanol–water partition coefficient (Wildman–Crippen LogP) is 2.12. The summed E-state index contributed by atoms with van der Waals surface area (Å²) in [5.41, 5.74) is 5.94. The molecule has 0 radical (unpaired) electrons. The summed E-state index contributed by atoms with van der Waals surface area (Å²) in [4.78, 5) is 24.8. The fourth-order valence-corrected chi connectivity index (χ4v) is 3.68. The zero-order valence-electron chi connectivity index (χ0n) is 14.0. The molecule has 0 bridgehead atoms. The molecule has 1 aliphatic carbocycles. The summed E-state index contributed by atoms with van der Waals surface area (Å²) < 4.78 is 13.3. The zero-order chi connectivity index (χ0) is 18.1. The highest BCUT2D eigenvalue weighted by Crippen LogP contribution is 2.29. The average molecular weight is 351 g/mol. The van der Waals surface area contributed by atoms with E-state index in [0.717, 1.165) is 16.7 Å². The summed E-state index contributed by atoms with van der Waals surface area (Å²) in [7, 11) is 0. The number of fused-ring (bicyclic) bond motifs is 1. The monoisotopic (exact) mass is 351 g/mol. The smallest absolute Gasteiger partial charge is 0.253 e. The van der Waals surface area contributed by atoms with Gasteiger partial charge in [0.25, 0.3) is 5.91 Å². The van der Waals surface area contributed by atoms with Crippen molar-refractivity contribution in [3.63, 3.8) is 0 Å². The second kappa shape index (κ2) is 6.71. The number of nitrogens with zero attached hydrogens (tertiary/aromatic N) is 1. The van der Waals surface area contributed by atoms with Crippen LogP contribution in [0.25, 0.3) is 0 Å². The van der Waals surface area contributed by atoms with Crippen LogP contribution in [0.5, 0.6) is 0 Å². The Kier molecular flexibility index (Phi) is 4.24. The van der Waals surface area contributed by atoms with E-state index in [4.69, 9.17) is 0 Å². The van der Waals surface area contributed by atoms with Gasteiger partial charge >= 0.3 is 0 Å². The summed E-state index contributed by atoms with van der Waals surface area (Å²) in [6.07, 6.45) is 1.33. The van der Waals surface area contributed by atoms with Gasteiger partial charge in [0.2, 0.25) is 5.91 Å². The summed E-state index contributed by atoms with van der Waals surface area (Å²) >= 11 is 0. The number of carbonyl (C=O) groups excluding carboxylic acids is 2. The van der Waals surface area contributed by atoms with Crippen LogP contribution in [0.3, 0.4) is 0 Å². The van der Waals surface area contributed by atoms with Crippen LogP contribution in [0.2, 0.25) is 0 Å². The van der Waals surface area contributed by atoms with Gasteiger partial charge in [0.1, 0.15) is 11.7 Å². The van der Waals surface area contributed by atoms with Crippen molar-refractivity contribution < 1.29 is 14.0 Å². The lowest BCUT2D eigenvalue weighted by Crippen LogP contribution is -2.35. The molecular formula is C20H18FN3O2. The van der Waals surface area contributed by atoms with Crippen LogP contribution in [-0.2, 0) is 16.0 Å². The Morgan fingerprint density at radius 1 is 1.15 bits per heavy atom. The van der Waals surface area contributed by atoms with E-state index in [2.05, 4.69) is 15.8 Å². The third kappa shape index (κ3) is 2.98. The molecule has 0 saturated carbocycles. The van der Waals surface area contributed by atoms with Gasteiger partial charge in [-0.05, 0) is 42.2 Å². The van der Waals surface area contributed by atoms with Crippen LogP contribution in [0, 0.1) is 11.7 Å². The third-order valence-electron chi connectivity index (χ3n) is 5.00. The lowest BCUT2D eigenvalue weighted by Gasteiger charge is -2.15. The lowest BCUT2D eigenvalue weighted by molar-refractivity contribution is -0.133. The molecule has 1 heterocycles. The minimum atomic E-state index is -0.809. The molecule has 4 rings (SSSR count). The first kappa shape index (κ1) is 16.4. The summed E-state index contributed by atoms with van der Waals surface area (Å²) in [6.45, 7) is 0.430. The zero-order valence-corrected chi connectivity index (χ0v) is 14.0. The van der Waals surface area contributed by atoms with Gasteiger partial charge < -0.3 is 5.32 Å². The second-order valence-corrected chi connectivity index (χ2v) is 6.58. The van der Waals surface area contributed by atoms with Gasteiger partial charge in [-0.1, -0.05) is 30.3 Å². The molecule has 1 fully saturated rings. The number of hydrogen-bond donors (Lipinski definition) is 2. The maximum atomic E-state index is 13.3. The molecule has 2 aromatic rings. The number of rotatable bonds is 3. The van der Waals surface area contributed by atoms with Crippen LogP contribution in [0.15, 0.2) is 53.6 Å². The molecular weight excluding hydrogens is 333 g/mol. The van der Waals surface area contributed by atoms with Crippen molar-refractivity contribution in [2.45, 2.75) is 18.8 Å². The number of hydrazone groups is 1. The molecule has 5 nitrogen and oxygen atoms in total. The molecule has 26 heavy (non-hydrogen) atoms. The first-order valence-electron chi connectivity index (χ1n) is 8.61. The minimum Gasteiger partial charge on any atom is -0.355 e. The van der Waals surface area contributed by atoms with Crippen molar-refractivity contribution in [2.75, 3.05) is 6.54 Å². The standard InChI is InChI=1S/C20H18FN3O2/c21-14-7-8-15-13(10-14)6-9-17(15)23-24-20(26)18-16(11-22-19(18)25)12-4-2-1-3-5-12/h1-5,7-8,10,16,18H,6,9,11H2,(H,22,25)(H,24,26)/b23-17-. The second-order valence-electron chi connectivity index (χ2n) is 6.58. The minimum absolute atomic E-state index is 0.214. The molecule has 0 aromatic heterocycles. The number of halogens is 1. The van der Waals surface area contributed by atoms with Crippen LogP contribution >= 0.6 is 0 Å². The van der Waals surface area contributed by atoms with Crippen molar-refractivity contribution in [1.29, 1.82) is 0 Å². The van der Waals surface area contributed by atoms with E-state index in [1.807, 2.05) is 30.3 Å². The molecule has 1 aliphatic heterocycles. The molecule has 6 heteroatoms. The number of amides is 2. The molecule has 1 saturated heterocycles. The Balaban J connectivity index is 1.52. The summed E-state index contributed by atoms with van der Waals surface area (Å²) in [5.74, 6) is -2.01. The maximum Gasteiger partial charge on any atom is 0.253 e. The van der Waals surface area contributed by atoms with Crippen molar-refractivity contribution >= 4 is 17.5 Å². The van der Waals surface area contributed by atoms with Crippen molar-refractivity contribution in [3.05, 3.63) is 71.0 Å². The number of aryl methyl sites for hydroxylation is 1. The van der Waals surface area contributed by atoms with Gasteiger partial charge in [-0.25, -0.2) is 9.82 Å². The largest absolute Gasteiger partial charge is 0.355 e. The Morgan fingerprint density at radius 3 is 2.77 bits per heavy atom. The van der Waals surface area contributed by atoms with Gasteiger partial charge in [0.05, 0.1) is 5.71 Å². The normalized spacial score (nSPS) is 23.0. The van der Waals surface area contributed by atoms with E-state index in [1.165, 1.54) is 12.1 Å². The Bertz CT molecular complexity index is 895. The quantitative estimate of drug-likeness (QED) is 0.657. The molecule has 2 amide bonds.